The lowest BCUT2D eigenvalue weighted by Crippen LogP contribution is -2.27. The standard InChI is InChI=1S/C14H11ClN4O3/c15-11-4-3-9(8-16)13(18-11)19-12(20)5-6-17-14(21)10-2-1-7-22-10/h1-4,7H,5-6H2,(H,17,21)(H,18,19,20). The highest BCUT2D eigenvalue weighted by atomic mass is 35.5. The Balaban J connectivity index is 1.85. The molecular weight excluding hydrogens is 308 g/mol. The molecule has 0 spiro atoms. The summed E-state index contributed by atoms with van der Waals surface area (Å²) in [5, 5.41) is 14.1. The van der Waals surface area contributed by atoms with E-state index in [9.17, 15) is 9.59 Å². The molecule has 2 rings (SSSR count). The lowest BCUT2D eigenvalue weighted by molar-refractivity contribution is -0.116. The first-order valence-electron chi connectivity index (χ1n) is 6.28. The number of hydrogen-bond donors (Lipinski definition) is 2. The van der Waals surface area contributed by atoms with Gasteiger partial charge in [-0.3, -0.25) is 9.59 Å². The highest BCUT2D eigenvalue weighted by molar-refractivity contribution is 6.29. The number of nitrogens with one attached hydrogen (secondary N) is 2. The minimum absolute atomic E-state index is 0.0194. The summed E-state index contributed by atoms with van der Waals surface area (Å²) in [6, 6.07) is 7.93. The Morgan fingerprint density at radius 1 is 1.36 bits per heavy atom. The minimum Gasteiger partial charge on any atom is -0.459 e. The summed E-state index contributed by atoms with van der Waals surface area (Å²) in [5.41, 5.74) is 0.206. The lowest BCUT2D eigenvalue weighted by Gasteiger charge is -2.07. The molecule has 22 heavy (non-hydrogen) atoms. The highest BCUT2D eigenvalue weighted by Gasteiger charge is 2.11. The summed E-state index contributed by atoms with van der Waals surface area (Å²) in [7, 11) is 0. The Morgan fingerprint density at radius 3 is 2.86 bits per heavy atom. The fourth-order valence-electron chi connectivity index (χ4n) is 1.60. The number of pyridine rings is 1. The molecule has 2 N–H and O–H groups in total. The number of rotatable bonds is 5. The van der Waals surface area contributed by atoms with Gasteiger partial charge in [0.2, 0.25) is 5.91 Å². The summed E-state index contributed by atoms with van der Waals surface area (Å²) < 4.78 is 4.92. The van der Waals surface area contributed by atoms with Crippen LogP contribution < -0.4 is 10.6 Å². The van der Waals surface area contributed by atoms with E-state index in [1.165, 1.54) is 24.5 Å². The van der Waals surface area contributed by atoms with Crippen molar-refractivity contribution in [2.75, 3.05) is 11.9 Å². The average molecular weight is 319 g/mol. The van der Waals surface area contributed by atoms with Crippen molar-refractivity contribution in [3.8, 4) is 6.07 Å². The summed E-state index contributed by atoms with van der Waals surface area (Å²) in [6.45, 7) is 0.119. The zero-order chi connectivity index (χ0) is 15.9. The largest absolute Gasteiger partial charge is 0.459 e. The molecule has 0 radical (unpaired) electrons. The zero-order valence-corrected chi connectivity index (χ0v) is 12.1. The average Bonchev–Trinajstić information content (AvgIpc) is 3.01. The van der Waals surface area contributed by atoms with Crippen molar-refractivity contribution >= 4 is 29.2 Å². The molecule has 0 fully saturated rings. The van der Waals surface area contributed by atoms with Gasteiger partial charge in [0.05, 0.1) is 11.8 Å². The van der Waals surface area contributed by atoms with Crippen LogP contribution in [0.25, 0.3) is 0 Å². The molecule has 0 aliphatic heterocycles. The molecule has 0 saturated carbocycles. The first-order valence-corrected chi connectivity index (χ1v) is 6.66. The number of amides is 2. The quantitative estimate of drug-likeness (QED) is 0.819. The number of carbonyl (C=O) groups excluding carboxylic acids is 2. The maximum absolute atomic E-state index is 11.8. The molecule has 0 atom stereocenters. The third-order valence-electron chi connectivity index (χ3n) is 2.62. The number of furan rings is 1. The number of anilines is 1. The van der Waals surface area contributed by atoms with Gasteiger partial charge in [-0.25, -0.2) is 4.98 Å². The van der Waals surface area contributed by atoms with Crippen LogP contribution in [0.4, 0.5) is 5.82 Å². The van der Waals surface area contributed by atoms with Crippen molar-refractivity contribution in [3.63, 3.8) is 0 Å². The maximum Gasteiger partial charge on any atom is 0.286 e. The number of nitriles is 1. The molecule has 2 heterocycles. The van der Waals surface area contributed by atoms with Gasteiger partial charge in [-0.15, -0.1) is 0 Å². The van der Waals surface area contributed by atoms with Crippen LogP contribution in [-0.4, -0.2) is 23.3 Å². The fraction of sp³-hybridized carbons (Fsp3) is 0.143. The topological polar surface area (TPSA) is 108 Å². The van der Waals surface area contributed by atoms with Crippen molar-refractivity contribution in [3.05, 3.63) is 47.0 Å². The van der Waals surface area contributed by atoms with E-state index in [2.05, 4.69) is 15.6 Å². The number of halogens is 1. The number of nitrogens with zero attached hydrogens (tertiary/aromatic N) is 2. The Kier molecular flexibility index (Phi) is 5.11. The second-order valence-electron chi connectivity index (χ2n) is 4.17. The SMILES string of the molecule is N#Cc1ccc(Cl)nc1NC(=O)CCNC(=O)c1ccco1. The molecule has 8 heteroatoms. The van der Waals surface area contributed by atoms with E-state index < -0.39 is 11.8 Å². The van der Waals surface area contributed by atoms with Gasteiger partial charge in [-0.1, -0.05) is 11.6 Å². The Labute approximate surface area is 130 Å². The third kappa shape index (κ3) is 4.07. The van der Waals surface area contributed by atoms with Gasteiger partial charge in [0.1, 0.15) is 11.2 Å². The van der Waals surface area contributed by atoms with Gasteiger partial charge in [0.15, 0.2) is 11.6 Å². The molecule has 112 valence electrons. The van der Waals surface area contributed by atoms with Crippen LogP contribution in [0.2, 0.25) is 5.15 Å². The predicted molar refractivity (Wildman–Crippen MR) is 78.2 cm³/mol. The highest BCUT2D eigenvalue weighted by Crippen LogP contribution is 2.15. The van der Waals surface area contributed by atoms with E-state index in [0.29, 0.717) is 0 Å². The van der Waals surface area contributed by atoms with Crippen molar-refractivity contribution in [1.29, 1.82) is 5.26 Å². The van der Waals surface area contributed by atoms with Crippen LogP contribution in [-0.2, 0) is 4.79 Å². The van der Waals surface area contributed by atoms with E-state index in [0.717, 1.165) is 0 Å². The van der Waals surface area contributed by atoms with Crippen LogP contribution in [0.15, 0.2) is 34.9 Å². The van der Waals surface area contributed by atoms with Gasteiger partial charge in [-0.05, 0) is 24.3 Å². The monoisotopic (exact) mass is 318 g/mol. The maximum atomic E-state index is 11.8. The van der Waals surface area contributed by atoms with E-state index in [-0.39, 0.29) is 35.3 Å². The molecule has 0 aromatic carbocycles. The van der Waals surface area contributed by atoms with Crippen LogP contribution in [0.5, 0.6) is 0 Å². The molecule has 0 bridgehead atoms. The van der Waals surface area contributed by atoms with E-state index >= 15 is 0 Å². The molecule has 0 saturated heterocycles. The normalized spacial score (nSPS) is 9.82. The smallest absolute Gasteiger partial charge is 0.286 e. The van der Waals surface area contributed by atoms with Gasteiger partial charge in [0.25, 0.3) is 5.91 Å². The van der Waals surface area contributed by atoms with Gasteiger partial charge >= 0.3 is 0 Å². The van der Waals surface area contributed by atoms with Gasteiger partial charge < -0.3 is 15.1 Å². The third-order valence-corrected chi connectivity index (χ3v) is 2.83. The Morgan fingerprint density at radius 2 is 2.18 bits per heavy atom. The van der Waals surface area contributed by atoms with Gasteiger partial charge in [-0.2, -0.15) is 5.26 Å². The van der Waals surface area contributed by atoms with Crippen molar-refractivity contribution in [1.82, 2.24) is 10.3 Å². The summed E-state index contributed by atoms with van der Waals surface area (Å²) in [4.78, 5) is 27.2. The first kappa shape index (κ1) is 15.5. The predicted octanol–water partition coefficient (Wildman–Crippen LogP) is 1.96. The lowest BCUT2D eigenvalue weighted by atomic mass is 10.2. The van der Waals surface area contributed by atoms with Crippen LogP contribution in [0.1, 0.15) is 22.5 Å². The summed E-state index contributed by atoms with van der Waals surface area (Å²) in [5.74, 6) is -0.538. The molecule has 2 aromatic heterocycles. The molecule has 7 nitrogen and oxygen atoms in total. The van der Waals surface area contributed by atoms with E-state index in [4.69, 9.17) is 21.3 Å². The molecule has 2 aromatic rings. The van der Waals surface area contributed by atoms with E-state index in [1.807, 2.05) is 6.07 Å². The van der Waals surface area contributed by atoms with E-state index in [1.54, 1.807) is 6.07 Å². The fourth-order valence-corrected chi connectivity index (χ4v) is 1.75. The Bertz CT molecular complexity index is 722. The molecular formula is C14H11ClN4O3. The number of carbonyl (C=O) groups is 2. The van der Waals surface area contributed by atoms with Crippen molar-refractivity contribution in [2.24, 2.45) is 0 Å². The van der Waals surface area contributed by atoms with Crippen LogP contribution in [0, 0.1) is 11.3 Å². The second kappa shape index (κ2) is 7.24. The summed E-state index contributed by atoms with van der Waals surface area (Å²) in [6.07, 6.45) is 1.40. The Hall–Kier alpha value is -2.85. The molecule has 0 aliphatic rings. The molecule has 0 unspecified atom stereocenters. The molecule has 2 amide bonds. The first-order chi connectivity index (χ1) is 10.6. The summed E-state index contributed by atoms with van der Waals surface area (Å²) >= 11 is 5.72. The van der Waals surface area contributed by atoms with Crippen molar-refractivity contribution < 1.29 is 14.0 Å². The second-order valence-corrected chi connectivity index (χ2v) is 4.56. The van der Waals surface area contributed by atoms with Crippen LogP contribution >= 0.6 is 11.6 Å². The number of hydrogen-bond acceptors (Lipinski definition) is 5. The number of aromatic nitrogens is 1. The minimum atomic E-state index is -0.406. The van der Waals surface area contributed by atoms with Crippen LogP contribution in [0.3, 0.4) is 0 Å². The van der Waals surface area contributed by atoms with Gasteiger partial charge in [0, 0.05) is 13.0 Å². The zero-order valence-electron chi connectivity index (χ0n) is 11.3. The molecule has 0 aliphatic carbocycles. The van der Waals surface area contributed by atoms with Crippen molar-refractivity contribution in [2.45, 2.75) is 6.42 Å².